The van der Waals surface area contributed by atoms with Gasteiger partial charge in [0.1, 0.15) is 0 Å². The van der Waals surface area contributed by atoms with Crippen LogP contribution in [0, 0.1) is 34.5 Å². The summed E-state index contributed by atoms with van der Waals surface area (Å²) in [6, 6.07) is 4.68. The third-order valence-corrected chi connectivity index (χ3v) is 4.24. The summed E-state index contributed by atoms with van der Waals surface area (Å²) < 4.78 is 0. The molecule has 2 bridgehead atoms. The quantitative estimate of drug-likeness (QED) is 0.613. The number of thiocarbonyl (C=S) groups is 1. The van der Waals surface area contributed by atoms with Crippen LogP contribution >= 0.6 is 12.2 Å². The van der Waals surface area contributed by atoms with E-state index in [1.165, 1.54) is 6.42 Å². The lowest BCUT2D eigenvalue weighted by Gasteiger charge is -2.29. The predicted molar refractivity (Wildman–Crippen MR) is 76.9 cm³/mol. The van der Waals surface area contributed by atoms with Gasteiger partial charge >= 0.3 is 0 Å². The normalized spacial score (nSPS) is 26.7. The molecule has 19 heavy (non-hydrogen) atoms. The van der Waals surface area contributed by atoms with E-state index >= 15 is 0 Å². The van der Waals surface area contributed by atoms with Crippen LogP contribution in [0.1, 0.15) is 25.7 Å². The van der Waals surface area contributed by atoms with Crippen molar-refractivity contribution in [3.63, 3.8) is 0 Å². The Morgan fingerprint density at radius 2 is 1.89 bits per heavy atom. The molecule has 0 aromatic heterocycles. The summed E-state index contributed by atoms with van der Waals surface area (Å²) in [6.07, 6.45) is 7.83. The molecule has 2 rings (SSSR count). The average Bonchev–Trinajstić information content (AvgIpc) is 3.01. The van der Waals surface area contributed by atoms with Gasteiger partial charge in [-0.05, 0) is 36.9 Å². The van der Waals surface area contributed by atoms with E-state index < -0.39 is 0 Å². The minimum Gasteiger partial charge on any atom is -0.359 e. The monoisotopic (exact) mass is 274 g/mol. The van der Waals surface area contributed by atoms with E-state index in [4.69, 9.17) is 22.7 Å². The van der Waals surface area contributed by atoms with Crippen molar-refractivity contribution in [2.24, 2.45) is 11.8 Å². The van der Waals surface area contributed by atoms with Gasteiger partial charge in [0, 0.05) is 19.1 Å². The van der Waals surface area contributed by atoms with Gasteiger partial charge in [-0.2, -0.15) is 10.5 Å². The molecule has 1 saturated carbocycles. The highest BCUT2D eigenvalue weighted by Crippen LogP contribution is 2.38. The molecule has 1 fully saturated rings. The van der Waals surface area contributed by atoms with Crippen LogP contribution in [0.15, 0.2) is 12.2 Å². The molecule has 3 atom stereocenters. The highest BCUT2D eigenvalue weighted by molar-refractivity contribution is 7.80. The van der Waals surface area contributed by atoms with Gasteiger partial charge in [0.2, 0.25) is 0 Å². The maximum atomic E-state index is 8.68. The van der Waals surface area contributed by atoms with E-state index in [0.717, 1.165) is 6.42 Å². The van der Waals surface area contributed by atoms with E-state index in [2.05, 4.69) is 29.6 Å². The molecule has 0 unspecified atom stereocenters. The molecule has 4 nitrogen and oxygen atoms in total. The Bertz CT molecular complexity index is 427. The number of allylic oxidation sites excluding steroid dienone is 1. The lowest BCUT2D eigenvalue weighted by atomic mass is 10.0. The lowest BCUT2D eigenvalue weighted by Crippen LogP contribution is -2.46. The third kappa shape index (κ3) is 3.45. The summed E-state index contributed by atoms with van der Waals surface area (Å²) in [5, 5.41) is 21.5. The smallest absolute Gasteiger partial charge is 0.169 e. The molecule has 2 aliphatic carbocycles. The van der Waals surface area contributed by atoms with Crippen molar-refractivity contribution in [1.29, 1.82) is 10.5 Å². The van der Waals surface area contributed by atoms with Gasteiger partial charge in [-0.1, -0.05) is 12.2 Å². The topological polar surface area (TPSA) is 62.9 Å². The van der Waals surface area contributed by atoms with Crippen LogP contribution in [-0.2, 0) is 0 Å². The zero-order valence-electron chi connectivity index (χ0n) is 10.9. The fourth-order valence-electron chi connectivity index (χ4n) is 2.88. The molecule has 0 spiro atoms. The molecule has 5 heteroatoms. The van der Waals surface area contributed by atoms with Gasteiger partial charge in [0.25, 0.3) is 0 Å². The molecule has 2 aliphatic rings. The fraction of sp³-hybridized carbons (Fsp3) is 0.643. The van der Waals surface area contributed by atoms with Crippen molar-refractivity contribution >= 4 is 17.3 Å². The summed E-state index contributed by atoms with van der Waals surface area (Å²) in [4.78, 5) is 1.94. The summed E-state index contributed by atoms with van der Waals surface area (Å²) in [5.74, 6) is 1.30. The van der Waals surface area contributed by atoms with Gasteiger partial charge in [0.05, 0.1) is 25.0 Å². The maximum Gasteiger partial charge on any atom is 0.169 e. The minimum absolute atomic E-state index is 0.425. The number of rotatable bonds is 5. The van der Waals surface area contributed by atoms with Crippen LogP contribution in [0.3, 0.4) is 0 Å². The summed E-state index contributed by atoms with van der Waals surface area (Å²) in [7, 11) is 0. The number of nitriles is 2. The summed E-state index contributed by atoms with van der Waals surface area (Å²) >= 11 is 5.43. The minimum atomic E-state index is 0.425. The SMILES string of the molecule is N#CCCN(CCC#N)C(=S)N[C@@H]1C[C@H]2C=C[C@@H]1C2. The van der Waals surface area contributed by atoms with Crippen LogP contribution in [0.4, 0.5) is 0 Å². The second-order valence-electron chi connectivity index (χ2n) is 5.14. The van der Waals surface area contributed by atoms with Crippen LogP contribution in [0.2, 0.25) is 0 Å². The van der Waals surface area contributed by atoms with Crippen LogP contribution in [-0.4, -0.2) is 29.1 Å². The van der Waals surface area contributed by atoms with Crippen molar-refractivity contribution in [3.05, 3.63) is 12.2 Å². The fourth-order valence-corrected chi connectivity index (χ4v) is 3.22. The number of nitrogens with one attached hydrogen (secondary N) is 1. The largest absolute Gasteiger partial charge is 0.359 e. The molecule has 1 N–H and O–H groups in total. The van der Waals surface area contributed by atoms with Crippen LogP contribution < -0.4 is 5.32 Å². The van der Waals surface area contributed by atoms with Crippen molar-refractivity contribution in [2.45, 2.75) is 31.7 Å². The standard InChI is InChI=1S/C14H18N4S/c15-5-1-7-18(8-2-6-16)14(19)17-13-10-11-3-4-12(13)9-11/h3-4,11-13H,1-2,7-10H2,(H,17,19)/t11-,12+,13+/m0/s1. The zero-order valence-corrected chi connectivity index (χ0v) is 11.7. The van der Waals surface area contributed by atoms with Gasteiger partial charge in [0.15, 0.2) is 5.11 Å². The molecule has 0 saturated heterocycles. The Morgan fingerprint density at radius 3 is 2.37 bits per heavy atom. The molecule has 0 radical (unpaired) electrons. The van der Waals surface area contributed by atoms with Gasteiger partial charge < -0.3 is 10.2 Å². The number of hydrogen-bond donors (Lipinski definition) is 1. The first-order valence-electron chi connectivity index (χ1n) is 6.72. The van der Waals surface area contributed by atoms with Gasteiger partial charge in [-0.25, -0.2) is 0 Å². The van der Waals surface area contributed by atoms with E-state index in [1.54, 1.807) is 0 Å². The lowest BCUT2D eigenvalue weighted by molar-refractivity contribution is 0.408. The summed E-state index contributed by atoms with van der Waals surface area (Å²) in [6.45, 7) is 1.20. The number of fused-ring (bicyclic) bond motifs is 2. The van der Waals surface area contributed by atoms with E-state index in [0.29, 0.717) is 48.9 Å². The average molecular weight is 274 g/mol. The molecule has 0 aromatic carbocycles. The second kappa shape index (κ2) is 6.54. The molecule has 0 aromatic rings. The Morgan fingerprint density at radius 1 is 1.21 bits per heavy atom. The third-order valence-electron chi connectivity index (χ3n) is 3.86. The Hall–Kier alpha value is -1.59. The Labute approximate surface area is 119 Å². The molecular weight excluding hydrogens is 256 g/mol. The molecular formula is C14H18N4S. The van der Waals surface area contributed by atoms with Crippen LogP contribution in [0.25, 0.3) is 0 Å². The zero-order chi connectivity index (χ0) is 13.7. The van der Waals surface area contributed by atoms with E-state index in [9.17, 15) is 0 Å². The highest BCUT2D eigenvalue weighted by atomic mass is 32.1. The van der Waals surface area contributed by atoms with Crippen molar-refractivity contribution in [3.8, 4) is 12.1 Å². The molecule has 0 amide bonds. The number of nitrogens with zero attached hydrogens (tertiary/aromatic N) is 3. The summed E-state index contributed by atoms with van der Waals surface area (Å²) in [5.41, 5.74) is 0. The first-order valence-corrected chi connectivity index (χ1v) is 7.13. The maximum absolute atomic E-state index is 8.68. The highest BCUT2D eigenvalue weighted by Gasteiger charge is 2.36. The predicted octanol–water partition coefficient (Wildman–Crippen LogP) is 1.95. The first-order chi connectivity index (χ1) is 9.24. The van der Waals surface area contributed by atoms with Crippen molar-refractivity contribution < 1.29 is 0 Å². The van der Waals surface area contributed by atoms with Crippen LogP contribution in [0.5, 0.6) is 0 Å². The Kier molecular flexibility index (Phi) is 4.76. The number of hydrogen-bond acceptors (Lipinski definition) is 3. The van der Waals surface area contributed by atoms with Gasteiger partial charge in [-0.3, -0.25) is 0 Å². The first kappa shape index (κ1) is 13.8. The van der Waals surface area contributed by atoms with Crippen molar-refractivity contribution in [1.82, 2.24) is 10.2 Å². The Balaban J connectivity index is 1.86. The molecule has 100 valence electrons. The van der Waals surface area contributed by atoms with E-state index in [1.807, 2.05) is 4.90 Å². The van der Waals surface area contributed by atoms with Crippen molar-refractivity contribution in [2.75, 3.05) is 13.1 Å². The van der Waals surface area contributed by atoms with Gasteiger partial charge in [-0.15, -0.1) is 0 Å². The molecule has 0 heterocycles. The molecule has 0 aliphatic heterocycles. The second-order valence-corrected chi connectivity index (χ2v) is 5.53. The van der Waals surface area contributed by atoms with E-state index in [-0.39, 0.29) is 0 Å².